The minimum atomic E-state index is 0.0176. The van der Waals surface area contributed by atoms with Gasteiger partial charge in [0.2, 0.25) is 0 Å². The second-order valence-corrected chi connectivity index (χ2v) is 5.59. The number of aryl methyl sites for hydroxylation is 1. The lowest BCUT2D eigenvalue weighted by atomic mass is 10.4. The van der Waals surface area contributed by atoms with E-state index in [1.807, 2.05) is 13.0 Å². The van der Waals surface area contributed by atoms with Crippen molar-refractivity contribution in [3.63, 3.8) is 0 Å². The van der Waals surface area contributed by atoms with E-state index in [0.717, 1.165) is 39.9 Å². The summed E-state index contributed by atoms with van der Waals surface area (Å²) in [4.78, 5) is 12.0. The molecular formula is C12H15BrN2OS. The summed E-state index contributed by atoms with van der Waals surface area (Å²) in [7, 11) is 0. The number of thiophene rings is 1. The van der Waals surface area contributed by atoms with Gasteiger partial charge < -0.3 is 9.88 Å². The van der Waals surface area contributed by atoms with Crippen LogP contribution in [0.1, 0.15) is 30.8 Å². The van der Waals surface area contributed by atoms with Crippen molar-refractivity contribution in [1.29, 1.82) is 0 Å². The predicted molar refractivity (Wildman–Crippen MR) is 75.8 cm³/mol. The van der Waals surface area contributed by atoms with Crippen LogP contribution < -0.4 is 5.32 Å². The number of hydrogen-bond donors (Lipinski definition) is 1. The maximum absolute atomic E-state index is 12.0. The van der Waals surface area contributed by atoms with Gasteiger partial charge in [0.1, 0.15) is 5.69 Å². The van der Waals surface area contributed by atoms with E-state index in [9.17, 15) is 4.79 Å². The van der Waals surface area contributed by atoms with Gasteiger partial charge in [-0.05, 0) is 35.3 Å². The number of carbonyl (C=O) groups is 1. The van der Waals surface area contributed by atoms with Crippen LogP contribution in [0.4, 0.5) is 0 Å². The Morgan fingerprint density at radius 2 is 2.29 bits per heavy atom. The first-order chi connectivity index (χ1) is 8.19. The number of halogens is 1. The van der Waals surface area contributed by atoms with E-state index in [0.29, 0.717) is 0 Å². The van der Waals surface area contributed by atoms with E-state index in [4.69, 9.17) is 0 Å². The molecule has 1 N–H and O–H groups in total. The summed E-state index contributed by atoms with van der Waals surface area (Å²) < 4.78 is 4.27. The Labute approximate surface area is 113 Å². The molecule has 3 nitrogen and oxygen atoms in total. The highest BCUT2D eigenvalue weighted by atomic mass is 79.9. The molecule has 2 aromatic heterocycles. The minimum absolute atomic E-state index is 0.0176. The lowest BCUT2D eigenvalue weighted by Gasteiger charge is -2.08. The molecule has 2 heterocycles. The van der Waals surface area contributed by atoms with Crippen molar-refractivity contribution in [2.75, 3.05) is 6.54 Å². The van der Waals surface area contributed by atoms with Crippen LogP contribution in [0.3, 0.4) is 0 Å². The molecule has 0 fully saturated rings. The molecule has 0 radical (unpaired) electrons. The Morgan fingerprint density at radius 3 is 2.94 bits per heavy atom. The lowest BCUT2D eigenvalue weighted by Crippen LogP contribution is -2.26. The monoisotopic (exact) mass is 314 g/mol. The highest BCUT2D eigenvalue weighted by Crippen LogP contribution is 2.33. The Bertz CT molecular complexity index is 544. The van der Waals surface area contributed by atoms with E-state index < -0.39 is 0 Å². The summed E-state index contributed by atoms with van der Waals surface area (Å²) in [6.07, 6.45) is 0.955. The largest absolute Gasteiger partial charge is 0.351 e. The summed E-state index contributed by atoms with van der Waals surface area (Å²) in [6.45, 7) is 5.63. The van der Waals surface area contributed by atoms with E-state index in [2.05, 4.69) is 38.1 Å². The van der Waals surface area contributed by atoms with Gasteiger partial charge >= 0.3 is 0 Å². The fraction of sp³-hybridized carbons (Fsp3) is 0.417. The second-order valence-electron chi connectivity index (χ2n) is 3.83. The highest BCUT2D eigenvalue weighted by molar-refractivity contribution is 9.10. The third-order valence-corrected chi connectivity index (χ3v) is 4.49. The number of fused-ring (bicyclic) bond motifs is 1. The number of aromatic nitrogens is 1. The quantitative estimate of drug-likeness (QED) is 0.918. The molecule has 5 heteroatoms. The van der Waals surface area contributed by atoms with Crippen molar-refractivity contribution >= 4 is 43.4 Å². The Kier molecular flexibility index (Phi) is 3.89. The van der Waals surface area contributed by atoms with Gasteiger partial charge in [-0.2, -0.15) is 0 Å². The fourth-order valence-electron chi connectivity index (χ4n) is 1.88. The topological polar surface area (TPSA) is 34.0 Å². The van der Waals surface area contributed by atoms with Crippen LogP contribution in [0, 0.1) is 0 Å². The third kappa shape index (κ3) is 2.26. The number of hydrogen-bond acceptors (Lipinski definition) is 2. The van der Waals surface area contributed by atoms with E-state index in [1.54, 1.807) is 11.3 Å². The van der Waals surface area contributed by atoms with Gasteiger partial charge in [-0.25, -0.2) is 0 Å². The molecule has 0 aliphatic rings. The zero-order valence-electron chi connectivity index (χ0n) is 9.92. The molecule has 2 rings (SSSR count). The summed E-state index contributed by atoms with van der Waals surface area (Å²) >= 11 is 5.19. The van der Waals surface area contributed by atoms with Crippen LogP contribution in [0.15, 0.2) is 15.9 Å². The molecule has 0 aliphatic carbocycles. The molecule has 0 spiro atoms. The zero-order chi connectivity index (χ0) is 12.4. The normalized spacial score (nSPS) is 11.0. The second kappa shape index (κ2) is 5.23. The van der Waals surface area contributed by atoms with E-state index in [1.165, 1.54) is 0 Å². The van der Waals surface area contributed by atoms with E-state index >= 15 is 0 Å². The van der Waals surface area contributed by atoms with Crippen LogP contribution in [0.2, 0.25) is 0 Å². The average Bonchev–Trinajstić information content (AvgIpc) is 2.86. The predicted octanol–water partition coefficient (Wildman–Crippen LogP) is 3.63. The van der Waals surface area contributed by atoms with Crippen molar-refractivity contribution < 1.29 is 4.79 Å². The molecule has 0 saturated heterocycles. The Balaban J connectivity index is 2.43. The maximum atomic E-state index is 12.0. The van der Waals surface area contributed by atoms with Crippen molar-refractivity contribution in [1.82, 2.24) is 9.88 Å². The lowest BCUT2D eigenvalue weighted by molar-refractivity contribution is 0.0945. The standard InChI is InChI=1S/C12H15BrN2OS/c1-3-5-14-12(16)9-6-10-11(15(9)4-2)8(13)7-17-10/h6-7H,3-5H2,1-2H3,(H,14,16). The molecule has 17 heavy (non-hydrogen) atoms. The molecule has 0 aliphatic heterocycles. The maximum Gasteiger partial charge on any atom is 0.267 e. The summed E-state index contributed by atoms with van der Waals surface area (Å²) in [6, 6.07) is 1.97. The zero-order valence-corrected chi connectivity index (χ0v) is 12.3. The van der Waals surface area contributed by atoms with Crippen LogP contribution >= 0.6 is 27.3 Å². The third-order valence-electron chi connectivity index (χ3n) is 2.66. The number of rotatable bonds is 4. The van der Waals surface area contributed by atoms with Gasteiger partial charge in [0, 0.05) is 18.5 Å². The Hall–Kier alpha value is -0.810. The molecule has 92 valence electrons. The van der Waals surface area contributed by atoms with Gasteiger partial charge in [-0.1, -0.05) is 6.92 Å². The summed E-state index contributed by atoms with van der Waals surface area (Å²) in [5, 5.41) is 4.98. The van der Waals surface area contributed by atoms with Gasteiger partial charge in [-0.15, -0.1) is 11.3 Å². The SMILES string of the molecule is CCCNC(=O)c1cc2scc(Br)c2n1CC. The van der Waals surface area contributed by atoms with Crippen molar-refractivity contribution in [3.05, 3.63) is 21.6 Å². The smallest absolute Gasteiger partial charge is 0.267 e. The first-order valence-corrected chi connectivity index (χ1v) is 7.40. The number of nitrogens with one attached hydrogen (secondary N) is 1. The molecule has 0 saturated carbocycles. The molecule has 0 bridgehead atoms. The van der Waals surface area contributed by atoms with Crippen molar-refractivity contribution in [3.8, 4) is 0 Å². The van der Waals surface area contributed by atoms with Crippen molar-refractivity contribution in [2.45, 2.75) is 26.8 Å². The van der Waals surface area contributed by atoms with Crippen LogP contribution in [-0.2, 0) is 6.54 Å². The van der Waals surface area contributed by atoms with Crippen LogP contribution in [0.25, 0.3) is 10.2 Å². The van der Waals surface area contributed by atoms with E-state index in [-0.39, 0.29) is 5.91 Å². The van der Waals surface area contributed by atoms with Crippen molar-refractivity contribution in [2.24, 2.45) is 0 Å². The molecular weight excluding hydrogens is 300 g/mol. The molecule has 1 amide bonds. The summed E-state index contributed by atoms with van der Waals surface area (Å²) in [5.41, 5.74) is 1.88. The van der Waals surface area contributed by atoms with Gasteiger partial charge in [-0.3, -0.25) is 4.79 Å². The fourth-order valence-corrected chi connectivity index (χ4v) is 3.57. The first-order valence-electron chi connectivity index (χ1n) is 5.73. The number of amides is 1. The van der Waals surface area contributed by atoms with Crippen LogP contribution in [0.5, 0.6) is 0 Å². The first kappa shape index (κ1) is 12.6. The average molecular weight is 315 g/mol. The number of carbonyl (C=O) groups excluding carboxylic acids is 1. The van der Waals surface area contributed by atoms with Gasteiger partial charge in [0.15, 0.2) is 0 Å². The molecule has 0 aromatic carbocycles. The van der Waals surface area contributed by atoms with Crippen LogP contribution in [-0.4, -0.2) is 17.0 Å². The highest BCUT2D eigenvalue weighted by Gasteiger charge is 2.16. The minimum Gasteiger partial charge on any atom is -0.351 e. The number of nitrogens with zero attached hydrogens (tertiary/aromatic N) is 1. The van der Waals surface area contributed by atoms with Gasteiger partial charge in [0.25, 0.3) is 5.91 Å². The summed E-state index contributed by atoms with van der Waals surface area (Å²) in [5.74, 6) is 0.0176. The Morgan fingerprint density at radius 1 is 1.53 bits per heavy atom. The molecule has 0 unspecified atom stereocenters. The van der Waals surface area contributed by atoms with Gasteiger partial charge in [0.05, 0.1) is 14.7 Å². The molecule has 2 aromatic rings. The molecule has 0 atom stereocenters.